The fourth-order valence-electron chi connectivity index (χ4n) is 3.06. The predicted octanol–water partition coefficient (Wildman–Crippen LogP) is 5.27. The third-order valence-electron chi connectivity index (χ3n) is 4.92. The van der Waals surface area contributed by atoms with Gasteiger partial charge in [-0.15, -0.1) is 22.7 Å². The van der Waals surface area contributed by atoms with Crippen LogP contribution in [0.4, 0.5) is 0 Å². The second-order valence-electron chi connectivity index (χ2n) is 6.72. The van der Waals surface area contributed by atoms with Crippen LogP contribution < -0.4 is 9.47 Å². The minimum atomic E-state index is -0.152. The third-order valence-corrected chi connectivity index (χ3v) is 7.02. The normalized spacial score (nSPS) is 12.0. The van der Waals surface area contributed by atoms with Gasteiger partial charge in [0.1, 0.15) is 15.7 Å². The fraction of sp³-hybridized carbons (Fsp3) is 0.227. The molecular formula is C22H21N3O3S2. The van der Waals surface area contributed by atoms with E-state index in [4.69, 9.17) is 9.47 Å². The van der Waals surface area contributed by atoms with Crippen molar-refractivity contribution in [2.24, 2.45) is 0 Å². The Morgan fingerprint density at radius 3 is 2.57 bits per heavy atom. The second kappa shape index (κ2) is 8.41. The maximum absolute atomic E-state index is 13.0. The maximum atomic E-state index is 13.0. The van der Waals surface area contributed by atoms with E-state index in [1.165, 1.54) is 11.3 Å². The molecule has 4 rings (SSSR count). The molecule has 4 aromatic rings. The van der Waals surface area contributed by atoms with Crippen LogP contribution in [0.5, 0.6) is 11.5 Å². The lowest BCUT2D eigenvalue weighted by Crippen LogP contribution is -2.29. The lowest BCUT2D eigenvalue weighted by atomic mass is 10.2. The molecule has 0 aliphatic carbocycles. The highest BCUT2D eigenvalue weighted by Gasteiger charge is 2.24. The highest BCUT2D eigenvalue weighted by Crippen LogP contribution is 2.34. The molecule has 2 aromatic carbocycles. The van der Waals surface area contributed by atoms with E-state index in [1.54, 1.807) is 42.9 Å². The van der Waals surface area contributed by atoms with Gasteiger partial charge in [0.2, 0.25) is 0 Å². The summed E-state index contributed by atoms with van der Waals surface area (Å²) < 4.78 is 11.8. The Morgan fingerprint density at radius 1 is 1.07 bits per heavy atom. The molecule has 6 nitrogen and oxygen atoms in total. The molecule has 1 unspecified atom stereocenters. The molecule has 0 N–H and O–H groups in total. The number of thiazole rings is 2. The Bertz CT molecular complexity index is 1170. The molecule has 154 valence electrons. The lowest BCUT2D eigenvalue weighted by molar-refractivity contribution is 0.0737. The van der Waals surface area contributed by atoms with Gasteiger partial charge in [0.15, 0.2) is 11.5 Å². The summed E-state index contributed by atoms with van der Waals surface area (Å²) >= 11 is 3.03. The Balaban J connectivity index is 1.56. The minimum absolute atomic E-state index is 0.135. The van der Waals surface area contributed by atoms with Crippen molar-refractivity contribution in [3.8, 4) is 22.1 Å². The van der Waals surface area contributed by atoms with Crippen molar-refractivity contribution in [1.82, 2.24) is 14.9 Å². The summed E-state index contributed by atoms with van der Waals surface area (Å²) in [5.41, 5.74) is 2.24. The smallest absolute Gasteiger partial charge is 0.273 e. The van der Waals surface area contributed by atoms with Crippen molar-refractivity contribution < 1.29 is 14.3 Å². The standard InChI is InChI=1S/C22H21N3O3S2/c1-13(20-23-15-7-5-6-8-19(15)30-20)25(2)22(26)16-12-29-21(24-16)14-9-10-17(27-3)18(11-14)28-4/h5-13H,1-4H3. The summed E-state index contributed by atoms with van der Waals surface area (Å²) in [5, 5.41) is 3.44. The summed E-state index contributed by atoms with van der Waals surface area (Å²) in [6.45, 7) is 1.98. The maximum Gasteiger partial charge on any atom is 0.273 e. The zero-order valence-corrected chi connectivity index (χ0v) is 18.7. The molecule has 0 bridgehead atoms. The first-order valence-electron chi connectivity index (χ1n) is 9.32. The van der Waals surface area contributed by atoms with Crippen molar-refractivity contribution in [1.29, 1.82) is 0 Å². The van der Waals surface area contributed by atoms with Crippen LogP contribution in [0.1, 0.15) is 28.5 Å². The van der Waals surface area contributed by atoms with Crippen LogP contribution in [0.15, 0.2) is 47.8 Å². The molecule has 1 amide bonds. The van der Waals surface area contributed by atoms with Crippen LogP contribution in [-0.2, 0) is 0 Å². The van der Waals surface area contributed by atoms with Crippen molar-refractivity contribution >= 4 is 38.8 Å². The highest BCUT2D eigenvalue weighted by molar-refractivity contribution is 7.18. The van der Waals surface area contributed by atoms with E-state index in [2.05, 4.69) is 9.97 Å². The molecule has 0 saturated carbocycles. The average Bonchev–Trinajstić information content (AvgIpc) is 3.44. The first-order chi connectivity index (χ1) is 14.5. The monoisotopic (exact) mass is 439 g/mol. The van der Waals surface area contributed by atoms with Gasteiger partial charge in [-0.05, 0) is 37.3 Å². The summed E-state index contributed by atoms with van der Waals surface area (Å²) in [6, 6.07) is 13.4. The number of hydrogen-bond acceptors (Lipinski definition) is 7. The van der Waals surface area contributed by atoms with E-state index in [9.17, 15) is 4.79 Å². The summed E-state index contributed by atoms with van der Waals surface area (Å²) in [7, 11) is 4.98. The van der Waals surface area contributed by atoms with Gasteiger partial charge in [-0.25, -0.2) is 9.97 Å². The van der Waals surface area contributed by atoms with Crippen LogP contribution in [0.2, 0.25) is 0 Å². The van der Waals surface area contributed by atoms with Crippen LogP contribution in [0.3, 0.4) is 0 Å². The quantitative estimate of drug-likeness (QED) is 0.409. The molecule has 0 radical (unpaired) electrons. The number of hydrogen-bond donors (Lipinski definition) is 0. The van der Waals surface area contributed by atoms with E-state index in [-0.39, 0.29) is 11.9 Å². The SMILES string of the molecule is COc1ccc(-c2nc(C(=O)N(C)C(C)c3nc4ccccc4s3)cs2)cc1OC. The Kier molecular flexibility index (Phi) is 5.69. The van der Waals surface area contributed by atoms with Gasteiger partial charge in [-0.2, -0.15) is 0 Å². The van der Waals surface area contributed by atoms with Crippen LogP contribution in [0, 0.1) is 0 Å². The molecule has 1 atom stereocenters. The number of benzene rings is 2. The van der Waals surface area contributed by atoms with Crippen LogP contribution in [-0.4, -0.2) is 42.0 Å². The Hall–Kier alpha value is -2.97. The summed E-state index contributed by atoms with van der Waals surface area (Å²) in [4.78, 5) is 24.0. The van der Waals surface area contributed by atoms with Crippen LogP contribution >= 0.6 is 22.7 Å². The predicted molar refractivity (Wildman–Crippen MR) is 121 cm³/mol. The minimum Gasteiger partial charge on any atom is -0.493 e. The second-order valence-corrected chi connectivity index (χ2v) is 8.64. The number of nitrogens with zero attached hydrogens (tertiary/aromatic N) is 3. The number of rotatable bonds is 6. The third kappa shape index (κ3) is 3.76. The molecule has 0 fully saturated rings. The van der Waals surface area contributed by atoms with Gasteiger partial charge in [-0.3, -0.25) is 4.79 Å². The van der Waals surface area contributed by atoms with E-state index < -0.39 is 0 Å². The van der Waals surface area contributed by atoms with Gasteiger partial charge >= 0.3 is 0 Å². The average molecular weight is 440 g/mol. The van der Waals surface area contributed by atoms with E-state index in [0.29, 0.717) is 17.2 Å². The van der Waals surface area contributed by atoms with Gasteiger partial charge < -0.3 is 14.4 Å². The summed E-state index contributed by atoms with van der Waals surface area (Å²) in [5.74, 6) is 1.14. The number of methoxy groups -OCH3 is 2. The zero-order valence-electron chi connectivity index (χ0n) is 17.1. The molecule has 30 heavy (non-hydrogen) atoms. The van der Waals surface area contributed by atoms with Gasteiger partial charge in [0.25, 0.3) is 5.91 Å². The Labute approximate surface area is 182 Å². The lowest BCUT2D eigenvalue weighted by Gasteiger charge is -2.22. The zero-order chi connectivity index (χ0) is 21.3. The number of fused-ring (bicyclic) bond motifs is 1. The molecule has 0 aliphatic heterocycles. The molecule has 8 heteroatoms. The van der Waals surface area contributed by atoms with Crippen molar-refractivity contribution in [2.75, 3.05) is 21.3 Å². The van der Waals surface area contributed by atoms with Gasteiger partial charge in [-0.1, -0.05) is 12.1 Å². The number of carbonyl (C=O) groups is 1. The van der Waals surface area contributed by atoms with Gasteiger partial charge in [0.05, 0.1) is 30.5 Å². The number of para-hydroxylation sites is 1. The van der Waals surface area contributed by atoms with Crippen LogP contribution in [0.25, 0.3) is 20.8 Å². The molecule has 0 saturated heterocycles. The number of aromatic nitrogens is 2. The highest BCUT2D eigenvalue weighted by atomic mass is 32.1. The topological polar surface area (TPSA) is 64.5 Å². The van der Waals surface area contributed by atoms with E-state index in [1.807, 2.05) is 49.4 Å². The van der Waals surface area contributed by atoms with Crippen molar-refractivity contribution in [2.45, 2.75) is 13.0 Å². The largest absolute Gasteiger partial charge is 0.493 e. The Morgan fingerprint density at radius 2 is 1.83 bits per heavy atom. The first-order valence-corrected chi connectivity index (χ1v) is 11.0. The van der Waals surface area contributed by atoms with Crippen molar-refractivity contribution in [3.63, 3.8) is 0 Å². The van der Waals surface area contributed by atoms with Crippen molar-refractivity contribution in [3.05, 3.63) is 58.5 Å². The first kappa shape index (κ1) is 20.3. The van der Waals surface area contributed by atoms with E-state index >= 15 is 0 Å². The molecule has 0 spiro atoms. The molecular weight excluding hydrogens is 418 g/mol. The molecule has 2 heterocycles. The number of carbonyl (C=O) groups excluding carboxylic acids is 1. The summed E-state index contributed by atoms with van der Waals surface area (Å²) in [6.07, 6.45) is 0. The number of ether oxygens (including phenoxy) is 2. The fourth-order valence-corrected chi connectivity index (χ4v) is 4.92. The number of amides is 1. The van der Waals surface area contributed by atoms with Gasteiger partial charge in [0, 0.05) is 18.0 Å². The van der Waals surface area contributed by atoms with E-state index in [0.717, 1.165) is 25.8 Å². The molecule has 2 aromatic heterocycles. The molecule has 0 aliphatic rings.